The van der Waals surface area contributed by atoms with E-state index in [0.29, 0.717) is 19.6 Å². The first-order chi connectivity index (χ1) is 8.19. The summed E-state index contributed by atoms with van der Waals surface area (Å²) in [6.07, 6.45) is 2.14. The highest BCUT2D eigenvalue weighted by Crippen LogP contribution is 2.01. The van der Waals surface area contributed by atoms with Crippen LogP contribution in [0.5, 0.6) is 0 Å². The Morgan fingerprint density at radius 3 is 2.65 bits per heavy atom. The van der Waals surface area contributed by atoms with E-state index in [1.807, 2.05) is 0 Å². The lowest BCUT2D eigenvalue weighted by atomic mass is 10.3. The number of nitrogens with one attached hydrogen (secondary N) is 1. The Morgan fingerprint density at radius 2 is 2.12 bits per heavy atom. The molecule has 0 aromatic heterocycles. The van der Waals surface area contributed by atoms with Crippen LogP contribution in [0.15, 0.2) is 0 Å². The van der Waals surface area contributed by atoms with E-state index in [-0.39, 0.29) is 25.1 Å². The average molecular weight is 243 g/mol. The maximum absolute atomic E-state index is 11.3. The van der Waals surface area contributed by atoms with Crippen LogP contribution >= 0.6 is 0 Å². The van der Waals surface area contributed by atoms with E-state index >= 15 is 0 Å². The Kier molecular flexibility index (Phi) is 5.93. The lowest BCUT2D eigenvalue weighted by Crippen LogP contribution is -2.40. The van der Waals surface area contributed by atoms with E-state index in [1.54, 1.807) is 0 Å². The number of aliphatic hydroxyl groups is 1. The molecule has 0 saturated carbocycles. The predicted molar refractivity (Wildman–Crippen MR) is 63.5 cm³/mol. The lowest BCUT2D eigenvalue weighted by Gasteiger charge is -2.23. The number of aliphatic hydroxyl groups excluding tert-OH is 1. The molecule has 6 heteroatoms. The zero-order chi connectivity index (χ0) is 12.7. The van der Waals surface area contributed by atoms with Crippen LogP contribution in [0.3, 0.4) is 0 Å². The summed E-state index contributed by atoms with van der Waals surface area (Å²) in [7, 11) is 0. The molecule has 0 atom stereocenters. The van der Waals surface area contributed by atoms with Crippen LogP contribution in [-0.2, 0) is 4.79 Å². The normalized spacial score (nSPS) is 15.8. The molecule has 0 aromatic rings. The largest absolute Gasteiger partial charge is 0.395 e. The molecule has 1 fully saturated rings. The smallest absolute Gasteiger partial charge is 0.324 e. The van der Waals surface area contributed by atoms with Crippen LogP contribution < -0.4 is 5.32 Å². The number of amides is 3. The Hall–Kier alpha value is -1.14. The molecule has 2 N–H and O–H groups in total. The third-order valence-electron chi connectivity index (χ3n) is 2.82. The van der Waals surface area contributed by atoms with Gasteiger partial charge in [-0.15, -0.1) is 0 Å². The molecule has 1 aliphatic heterocycles. The number of hydrogen-bond donors (Lipinski definition) is 2. The van der Waals surface area contributed by atoms with Gasteiger partial charge in [0.25, 0.3) is 0 Å². The fourth-order valence-electron chi connectivity index (χ4n) is 1.78. The second-order valence-corrected chi connectivity index (χ2v) is 4.12. The quantitative estimate of drug-likeness (QED) is 0.571. The molecular weight excluding hydrogens is 222 g/mol. The summed E-state index contributed by atoms with van der Waals surface area (Å²) in [6, 6.07) is -0.311. The molecule has 1 rings (SSSR count). The molecule has 0 radical (unpaired) electrons. The number of hydrogen-bond acceptors (Lipinski definition) is 4. The van der Waals surface area contributed by atoms with Crippen LogP contribution in [0.2, 0.25) is 0 Å². The second-order valence-electron chi connectivity index (χ2n) is 4.12. The van der Waals surface area contributed by atoms with Crippen molar-refractivity contribution < 1.29 is 14.7 Å². The minimum Gasteiger partial charge on any atom is -0.395 e. The highest BCUT2D eigenvalue weighted by Gasteiger charge is 2.28. The molecule has 1 aliphatic rings. The number of urea groups is 1. The second kappa shape index (κ2) is 7.24. The van der Waals surface area contributed by atoms with Crippen molar-refractivity contribution in [1.82, 2.24) is 15.1 Å². The number of unbranched alkanes of at least 4 members (excludes halogenated alkanes) is 1. The number of nitrogens with zero attached hydrogens (tertiary/aromatic N) is 2. The zero-order valence-electron chi connectivity index (χ0n) is 10.3. The third kappa shape index (κ3) is 4.32. The van der Waals surface area contributed by atoms with E-state index in [2.05, 4.69) is 17.1 Å². The van der Waals surface area contributed by atoms with Gasteiger partial charge in [-0.25, -0.2) is 4.79 Å². The van der Waals surface area contributed by atoms with E-state index in [4.69, 9.17) is 5.11 Å². The van der Waals surface area contributed by atoms with Gasteiger partial charge < -0.3 is 10.4 Å². The topological polar surface area (TPSA) is 72.9 Å². The number of carbonyl (C=O) groups is 2. The van der Waals surface area contributed by atoms with Gasteiger partial charge in [0, 0.05) is 19.6 Å². The minimum absolute atomic E-state index is 0.101. The predicted octanol–water partition coefficient (Wildman–Crippen LogP) is -0.367. The maximum atomic E-state index is 11.3. The van der Waals surface area contributed by atoms with E-state index < -0.39 is 0 Å². The van der Waals surface area contributed by atoms with Gasteiger partial charge in [-0.3, -0.25) is 14.6 Å². The standard InChI is InChI=1S/C11H21N3O3/c1-2-3-4-13(7-8-15)5-6-14-10(16)9-12-11(14)17/h15H,2-9H2,1H3,(H,12,17). The number of carbonyl (C=O) groups excluding carboxylic acids is 2. The van der Waals surface area contributed by atoms with Crippen molar-refractivity contribution >= 4 is 11.9 Å². The van der Waals surface area contributed by atoms with Crippen LogP contribution in [-0.4, -0.2) is 66.2 Å². The molecule has 98 valence electrons. The summed E-state index contributed by atoms with van der Waals surface area (Å²) in [5, 5.41) is 11.4. The average Bonchev–Trinajstić information content (AvgIpc) is 2.63. The lowest BCUT2D eigenvalue weighted by molar-refractivity contribution is -0.125. The van der Waals surface area contributed by atoms with Crippen molar-refractivity contribution in [3.63, 3.8) is 0 Å². The highest BCUT2D eigenvalue weighted by molar-refractivity contribution is 6.01. The van der Waals surface area contributed by atoms with Crippen LogP contribution in [0.1, 0.15) is 19.8 Å². The molecule has 3 amide bonds. The summed E-state index contributed by atoms with van der Waals surface area (Å²) in [4.78, 5) is 25.9. The summed E-state index contributed by atoms with van der Waals surface area (Å²) in [6.45, 7) is 4.81. The molecule has 0 bridgehead atoms. The van der Waals surface area contributed by atoms with Gasteiger partial charge in [0.1, 0.15) is 0 Å². The molecule has 0 aliphatic carbocycles. The maximum Gasteiger partial charge on any atom is 0.324 e. The molecule has 1 heterocycles. The molecular formula is C11H21N3O3. The van der Waals surface area contributed by atoms with Crippen molar-refractivity contribution in [2.45, 2.75) is 19.8 Å². The van der Waals surface area contributed by atoms with Gasteiger partial charge in [-0.1, -0.05) is 13.3 Å². The highest BCUT2D eigenvalue weighted by atomic mass is 16.3. The Bertz CT molecular complexity index is 255. The molecule has 6 nitrogen and oxygen atoms in total. The van der Waals surface area contributed by atoms with Gasteiger partial charge in [0.15, 0.2) is 0 Å². The molecule has 0 aromatic carbocycles. The summed E-state index contributed by atoms with van der Waals surface area (Å²) < 4.78 is 0. The molecule has 17 heavy (non-hydrogen) atoms. The van der Waals surface area contributed by atoms with Gasteiger partial charge >= 0.3 is 6.03 Å². The van der Waals surface area contributed by atoms with E-state index in [0.717, 1.165) is 19.4 Å². The fourth-order valence-corrected chi connectivity index (χ4v) is 1.78. The van der Waals surface area contributed by atoms with Crippen molar-refractivity contribution in [3.05, 3.63) is 0 Å². The third-order valence-corrected chi connectivity index (χ3v) is 2.82. The number of imide groups is 1. The fraction of sp³-hybridized carbons (Fsp3) is 0.818. The van der Waals surface area contributed by atoms with Crippen LogP contribution in [0.25, 0.3) is 0 Å². The summed E-state index contributed by atoms with van der Waals surface area (Å²) in [5.41, 5.74) is 0. The van der Waals surface area contributed by atoms with Gasteiger partial charge in [-0.2, -0.15) is 0 Å². The van der Waals surface area contributed by atoms with Gasteiger partial charge in [0.2, 0.25) is 5.91 Å². The van der Waals surface area contributed by atoms with E-state index in [9.17, 15) is 9.59 Å². The Morgan fingerprint density at radius 1 is 1.35 bits per heavy atom. The van der Waals surface area contributed by atoms with Crippen molar-refractivity contribution in [2.24, 2.45) is 0 Å². The van der Waals surface area contributed by atoms with E-state index in [1.165, 1.54) is 4.90 Å². The molecule has 0 unspecified atom stereocenters. The first-order valence-electron chi connectivity index (χ1n) is 6.10. The van der Waals surface area contributed by atoms with Crippen molar-refractivity contribution in [1.29, 1.82) is 0 Å². The van der Waals surface area contributed by atoms with Gasteiger partial charge in [-0.05, 0) is 13.0 Å². The first kappa shape index (κ1) is 13.9. The number of rotatable bonds is 8. The zero-order valence-corrected chi connectivity index (χ0v) is 10.3. The Labute approximate surface area is 102 Å². The molecule has 0 spiro atoms. The SMILES string of the molecule is CCCCN(CCO)CCN1C(=O)CNC1=O. The monoisotopic (exact) mass is 243 g/mol. The van der Waals surface area contributed by atoms with Crippen molar-refractivity contribution in [2.75, 3.05) is 39.3 Å². The van der Waals surface area contributed by atoms with Crippen molar-refractivity contribution in [3.8, 4) is 0 Å². The minimum atomic E-state index is -0.311. The summed E-state index contributed by atoms with van der Waals surface area (Å²) in [5.74, 6) is -0.172. The van der Waals surface area contributed by atoms with Gasteiger partial charge in [0.05, 0.1) is 13.2 Å². The first-order valence-corrected chi connectivity index (χ1v) is 6.10. The van der Waals surface area contributed by atoms with Crippen LogP contribution in [0, 0.1) is 0 Å². The summed E-state index contributed by atoms with van der Waals surface area (Å²) >= 11 is 0. The van der Waals surface area contributed by atoms with Crippen LogP contribution in [0.4, 0.5) is 4.79 Å². The molecule has 1 saturated heterocycles. The Balaban J connectivity index is 2.34.